The number of halogens is 1. The van der Waals surface area contributed by atoms with Gasteiger partial charge in [0.1, 0.15) is 0 Å². The molecule has 1 aromatic heterocycles. The maximum Gasteiger partial charge on any atom is 0.0860 e. The smallest absolute Gasteiger partial charge is 0.0860 e. The Morgan fingerprint density at radius 1 is 1.44 bits per heavy atom. The molecular formula is C14H24ClN3. The molecule has 0 radical (unpaired) electrons. The van der Waals surface area contributed by atoms with Crippen molar-refractivity contribution in [3.05, 3.63) is 16.4 Å². The predicted molar refractivity (Wildman–Crippen MR) is 75.8 cm³/mol. The summed E-state index contributed by atoms with van der Waals surface area (Å²) in [6.45, 7) is 7.49. The average Bonchev–Trinajstić information content (AvgIpc) is 2.52. The Labute approximate surface area is 115 Å². The summed E-state index contributed by atoms with van der Waals surface area (Å²) in [6.07, 6.45) is 5.26. The molecule has 0 spiro atoms. The summed E-state index contributed by atoms with van der Waals surface area (Å²) in [5, 5.41) is 8.84. The van der Waals surface area contributed by atoms with Gasteiger partial charge in [0.05, 0.1) is 16.4 Å². The lowest BCUT2D eigenvalue weighted by atomic mass is 9.73. The van der Waals surface area contributed by atoms with Crippen LogP contribution in [-0.2, 0) is 13.6 Å². The molecule has 0 aliphatic heterocycles. The van der Waals surface area contributed by atoms with Gasteiger partial charge in [-0.15, -0.1) is 0 Å². The Morgan fingerprint density at radius 2 is 2.17 bits per heavy atom. The van der Waals surface area contributed by atoms with Gasteiger partial charge in [-0.05, 0) is 25.2 Å². The average molecular weight is 270 g/mol. The molecule has 1 atom stereocenters. The minimum Gasteiger partial charge on any atom is -0.308 e. The molecule has 1 aromatic rings. The van der Waals surface area contributed by atoms with Gasteiger partial charge in [0.2, 0.25) is 0 Å². The highest BCUT2D eigenvalue weighted by atomic mass is 35.5. The van der Waals surface area contributed by atoms with E-state index in [2.05, 4.69) is 24.3 Å². The van der Waals surface area contributed by atoms with Crippen LogP contribution in [0.25, 0.3) is 0 Å². The van der Waals surface area contributed by atoms with Crippen molar-refractivity contribution in [1.82, 2.24) is 15.1 Å². The van der Waals surface area contributed by atoms with E-state index in [9.17, 15) is 0 Å². The monoisotopic (exact) mass is 269 g/mol. The highest BCUT2D eigenvalue weighted by Gasteiger charge is 2.31. The van der Waals surface area contributed by atoms with Crippen LogP contribution in [0.1, 0.15) is 50.9 Å². The molecule has 18 heavy (non-hydrogen) atoms. The van der Waals surface area contributed by atoms with Crippen LogP contribution < -0.4 is 5.32 Å². The Morgan fingerprint density at radius 3 is 2.72 bits per heavy atom. The fourth-order valence-corrected chi connectivity index (χ4v) is 3.19. The lowest BCUT2D eigenvalue weighted by Crippen LogP contribution is -2.44. The van der Waals surface area contributed by atoms with E-state index >= 15 is 0 Å². The van der Waals surface area contributed by atoms with E-state index in [1.165, 1.54) is 25.7 Å². The van der Waals surface area contributed by atoms with Gasteiger partial charge in [0, 0.05) is 19.6 Å². The fourth-order valence-electron chi connectivity index (χ4n) is 2.96. The third kappa shape index (κ3) is 2.72. The number of hydrogen-bond acceptors (Lipinski definition) is 2. The van der Waals surface area contributed by atoms with Gasteiger partial charge >= 0.3 is 0 Å². The third-order valence-electron chi connectivity index (χ3n) is 4.28. The van der Waals surface area contributed by atoms with Gasteiger partial charge in [-0.3, -0.25) is 4.68 Å². The van der Waals surface area contributed by atoms with Crippen molar-refractivity contribution in [2.45, 2.75) is 59.0 Å². The van der Waals surface area contributed by atoms with E-state index in [-0.39, 0.29) is 0 Å². The molecule has 0 bridgehead atoms. The van der Waals surface area contributed by atoms with Crippen molar-refractivity contribution in [2.75, 3.05) is 0 Å². The molecule has 0 amide bonds. The molecule has 1 aliphatic carbocycles. The van der Waals surface area contributed by atoms with Gasteiger partial charge < -0.3 is 5.32 Å². The Balaban J connectivity index is 2.03. The van der Waals surface area contributed by atoms with Crippen molar-refractivity contribution in [1.29, 1.82) is 0 Å². The van der Waals surface area contributed by atoms with Crippen LogP contribution >= 0.6 is 11.6 Å². The number of nitrogens with zero attached hydrogens (tertiary/aromatic N) is 2. The number of rotatable bonds is 3. The van der Waals surface area contributed by atoms with Gasteiger partial charge in [-0.2, -0.15) is 5.10 Å². The van der Waals surface area contributed by atoms with Crippen molar-refractivity contribution in [2.24, 2.45) is 12.5 Å². The van der Waals surface area contributed by atoms with E-state index < -0.39 is 0 Å². The van der Waals surface area contributed by atoms with E-state index in [0.29, 0.717) is 11.5 Å². The first-order valence-corrected chi connectivity index (χ1v) is 7.21. The molecule has 4 heteroatoms. The molecule has 0 saturated heterocycles. The van der Waals surface area contributed by atoms with Crippen molar-refractivity contribution >= 4 is 11.6 Å². The van der Waals surface area contributed by atoms with Crippen LogP contribution in [0, 0.1) is 12.3 Å². The molecule has 0 aromatic carbocycles. The molecule has 102 valence electrons. The van der Waals surface area contributed by atoms with E-state index in [1.54, 1.807) is 0 Å². The standard InChI is InChI=1S/C14H24ClN3/c1-10-13(15)11(18(4)17-10)9-16-12-7-5-6-8-14(12,2)3/h12,16H,5-9H2,1-4H3. The third-order valence-corrected chi connectivity index (χ3v) is 4.78. The molecule has 3 nitrogen and oxygen atoms in total. The first kappa shape index (κ1) is 13.9. The maximum absolute atomic E-state index is 6.28. The first-order valence-electron chi connectivity index (χ1n) is 6.83. The highest BCUT2D eigenvalue weighted by Crippen LogP contribution is 2.35. The van der Waals surface area contributed by atoms with Crippen LogP contribution in [0.4, 0.5) is 0 Å². The molecule has 2 rings (SSSR count). The second-order valence-electron chi connectivity index (χ2n) is 6.14. The highest BCUT2D eigenvalue weighted by molar-refractivity contribution is 6.31. The summed E-state index contributed by atoms with van der Waals surface area (Å²) in [7, 11) is 1.96. The SMILES string of the molecule is Cc1nn(C)c(CNC2CCCCC2(C)C)c1Cl. The molecule has 1 unspecified atom stereocenters. The molecule has 1 fully saturated rings. The van der Waals surface area contributed by atoms with Gasteiger partial charge in [-0.1, -0.05) is 38.3 Å². The molecular weight excluding hydrogens is 246 g/mol. The zero-order chi connectivity index (χ0) is 13.3. The lowest BCUT2D eigenvalue weighted by molar-refractivity contribution is 0.166. The number of aryl methyl sites for hydroxylation is 2. The van der Waals surface area contributed by atoms with Gasteiger partial charge in [0.25, 0.3) is 0 Å². The summed E-state index contributed by atoms with van der Waals surface area (Å²) < 4.78 is 1.89. The Bertz CT molecular complexity index is 423. The largest absolute Gasteiger partial charge is 0.308 e. The molecule has 1 aliphatic rings. The zero-order valence-corrected chi connectivity index (χ0v) is 12.6. The minimum absolute atomic E-state index is 0.387. The second kappa shape index (κ2) is 5.22. The summed E-state index contributed by atoms with van der Waals surface area (Å²) >= 11 is 6.28. The van der Waals surface area contributed by atoms with Crippen LogP contribution in [0.15, 0.2) is 0 Å². The van der Waals surface area contributed by atoms with Crippen LogP contribution in [0.5, 0.6) is 0 Å². The summed E-state index contributed by atoms with van der Waals surface area (Å²) in [5.41, 5.74) is 2.40. The number of aromatic nitrogens is 2. The first-order chi connectivity index (χ1) is 8.42. The van der Waals surface area contributed by atoms with Crippen LogP contribution in [0.3, 0.4) is 0 Å². The van der Waals surface area contributed by atoms with Gasteiger partial charge in [-0.25, -0.2) is 0 Å². The second-order valence-corrected chi connectivity index (χ2v) is 6.52. The topological polar surface area (TPSA) is 29.9 Å². The summed E-state index contributed by atoms with van der Waals surface area (Å²) in [6, 6.07) is 0.581. The normalized spacial score (nSPS) is 23.3. The van der Waals surface area contributed by atoms with Crippen molar-refractivity contribution < 1.29 is 0 Å². The zero-order valence-electron chi connectivity index (χ0n) is 11.9. The Hall–Kier alpha value is -0.540. The summed E-state index contributed by atoms with van der Waals surface area (Å²) in [4.78, 5) is 0. The van der Waals surface area contributed by atoms with Crippen LogP contribution in [-0.4, -0.2) is 15.8 Å². The summed E-state index contributed by atoms with van der Waals surface area (Å²) in [5.74, 6) is 0. The minimum atomic E-state index is 0.387. The molecule has 1 heterocycles. The number of hydrogen-bond donors (Lipinski definition) is 1. The van der Waals surface area contributed by atoms with Gasteiger partial charge in [0.15, 0.2) is 0 Å². The number of nitrogens with one attached hydrogen (secondary N) is 1. The molecule has 1 saturated carbocycles. The van der Waals surface area contributed by atoms with Crippen molar-refractivity contribution in [3.63, 3.8) is 0 Å². The molecule has 1 N–H and O–H groups in total. The van der Waals surface area contributed by atoms with E-state index in [4.69, 9.17) is 11.6 Å². The quantitative estimate of drug-likeness (QED) is 0.911. The van der Waals surface area contributed by atoms with E-state index in [1.807, 2.05) is 18.7 Å². The van der Waals surface area contributed by atoms with Crippen molar-refractivity contribution in [3.8, 4) is 0 Å². The predicted octanol–water partition coefficient (Wildman–Crippen LogP) is 3.44. The lowest BCUT2D eigenvalue weighted by Gasteiger charge is -2.39. The fraction of sp³-hybridized carbons (Fsp3) is 0.786. The maximum atomic E-state index is 6.28. The Kier molecular flexibility index (Phi) is 4.02. The van der Waals surface area contributed by atoms with E-state index in [0.717, 1.165) is 23.0 Å². The van der Waals surface area contributed by atoms with Crippen LogP contribution in [0.2, 0.25) is 5.02 Å².